The number of fused-ring (bicyclic) bond motifs is 2. The SMILES string of the molecule is O=C(CCc1nc2ccccc2[nH]c1=O)NCc1nnc2n1CCCCC2. The summed E-state index contributed by atoms with van der Waals surface area (Å²) in [5.41, 5.74) is 1.55. The molecule has 3 heterocycles. The summed E-state index contributed by atoms with van der Waals surface area (Å²) in [6.45, 7) is 1.26. The lowest BCUT2D eigenvalue weighted by atomic mass is 10.2. The molecule has 2 N–H and O–H groups in total. The van der Waals surface area contributed by atoms with Gasteiger partial charge in [-0.15, -0.1) is 10.2 Å². The van der Waals surface area contributed by atoms with Gasteiger partial charge in [0, 0.05) is 25.8 Å². The van der Waals surface area contributed by atoms with Crippen LogP contribution in [-0.4, -0.2) is 30.6 Å². The molecule has 4 rings (SSSR count). The lowest BCUT2D eigenvalue weighted by Gasteiger charge is -2.08. The monoisotopic (exact) mass is 366 g/mol. The lowest BCUT2D eigenvalue weighted by molar-refractivity contribution is -0.121. The summed E-state index contributed by atoms with van der Waals surface area (Å²) in [4.78, 5) is 31.5. The van der Waals surface area contributed by atoms with E-state index in [4.69, 9.17) is 0 Å². The summed E-state index contributed by atoms with van der Waals surface area (Å²) in [6.07, 6.45) is 4.89. The zero-order valence-electron chi connectivity index (χ0n) is 15.1. The number of aromatic nitrogens is 5. The molecule has 0 saturated heterocycles. The van der Waals surface area contributed by atoms with Gasteiger partial charge in [-0.05, 0) is 25.0 Å². The van der Waals surface area contributed by atoms with E-state index in [1.54, 1.807) is 0 Å². The van der Waals surface area contributed by atoms with Gasteiger partial charge in [-0.1, -0.05) is 18.6 Å². The Morgan fingerprint density at radius 1 is 1.19 bits per heavy atom. The van der Waals surface area contributed by atoms with Gasteiger partial charge in [-0.25, -0.2) is 4.98 Å². The van der Waals surface area contributed by atoms with Crippen molar-refractivity contribution in [1.82, 2.24) is 30.0 Å². The number of H-pyrrole nitrogens is 1. The molecule has 1 aromatic carbocycles. The smallest absolute Gasteiger partial charge is 0.270 e. The van der Waals surface area contributed by atoms with Crippen molar-refractivity contribution in [2.75, 3.05) is 0 Å². The minimum atomic E-state index is -0.246. The highest BCUT2D eigenvalue weighted by Crippen LogP contribution is 2.14. The second kappa shape index (κ2) is 7.69. The number of nitrogens with zero attached hydrogens (tertiary/aromatic N) is 4. The molecule has 3 aromatic rings. The molecule has 0 spiro atoms. The molecular weight excluding hydrogens is 344 g/mol. The van der Waals surface area contributed by atoms with Gasteiger partial charge >= 0.3 is 0 Å². The topological polar surface area (TPSA) is 106 Å². The molecule has 0 aliphatic carbocycles. The molecule has 1 aliphatic heterocycles. The normalized spacial score (nSPS) is 13.9. The Labute approximate surface area is 156 Å². The quantitative estimate of drug-likeness (QED) is 0.712. The molecule has 2 aromatic heterocycles. The zero-order valence-corrected chi connectivity index (χ0v) is 15.1. The third-order valence-electron chi connectivity index (χ3n) is 4.89. The maximum absolute atomic E-state index is 12.2. The lowest BCUT2D eigenvalue weighted by Crippen LogP contribution is -2.26. The molecule has 8 heteroatoms. The van der Waals surface area contributed by atoms with Gasteiger partial charge in [0.05, 0.1) is 17.6 Å². The fraction of sp³-hybridized carbons (Fsp3) is 0.421. The highest BCUT2D eigenvalue weighted by molar-refractivity contribution is 5.76. The van der Waals surface area contributed by atoms with Gasteiger partial charge in [0.15, 0.2) is 5.82 Å². The van der Waals surface area contributed by atoms with Gasteiger partial charge in [-0.3, -0.25) is 9.59 Å². The van der Waals surface area contributed by atoms with E-state index in [0.717, 1.165) is 43.0 Å². The van der Waals surface area contributed by atoms with Crippen LogP contribution in [0, 0.1) is 0 Å². The molecular formula is C19H22N6O2. The summed E-state index contributed by atoms with van der Waals surface area (Å²) in [5, 5.41) is 11.3. The summed E-state index contributed by atoms with van der Waals surface area (Å²) in [5.74, 6) is 1.67. The van der Waals surface area contributed by atoms with Gasteiger partial charge in [-0.2, -0.15) is 0 Å². The second-order valence-electron chi connectivity index (χ2n) is 6.80. The van der Waals surface area contributed by atoms with Crippen LogP contribution in [-0.2, 0) is 30.7 Å². The van der Waals surface area contributed by atoms with E-state index in [0.29, 0.717) is 24.2 Å². The maximum Gasteiger partial charge on any atom is 0.270 e. The molecule has 27 heavy (non-hydrogen) atoms. The first kappa shape index (κ1) is 17.4. The van der Waals surface area contributed by atoms with E-state index < -0.39 is 0 Å². The van der Waals surface area contributed by atoms with Crippen molar-refractivity contribution in [3.63, 3.8) is 0 Å². The number of amides is 1. The number of rotatable bonds is 5. The average Bonchev–Trinajstić information content (AvgIpc) is 2.90. The van der Waals surface area contributed by atoms with Crippen LogP contribution in [0.2, 0.25) is 0 Å². The van der Waals surface area contributed by atoms with Crippen LogP contribution in [0.5, 0.6) is 0 Å². The molecule has 8 nitrogen and oxygen atoms in total. The van der Waals surface area contributed by atoms with Gasteiger partial charge < -0.3 is 14.9 Å². The van der Waals surface area contributed by atoms with Crippen molar-refractivity contribution in [1.29, 1.82) is 0 Å². The summed E-state index contributed by atoms with van der Waals surface area (Å²) >= 11 is 0. The highest BCUT2D eigenvalue weighted by atomic mass is 16.1. The minimum absolute atomic E-state index is 0.129. The first-order valence-corrected chi connectivity index (χ1v) is 9.36. The zero-order chi connectivity index (χ0) is 18.6. The van der Waals surface area contributed by atoms with Crippen LogP contribution in [0.3, 0.4) is 0 Å². The number of para-hydroxylation sites is 2. The molecule has 0 atom stereocenters. The van der Waals surface area contributed by atoms with Crippen LogP contribution < -0.4 is 10.9 Å². The first-order chi connectivity index (χ1) is 13.2. The molecule has 0 radical (unpaired) electrons. The molecule has 0 saturated carbocycles. The Morgan fingerprint density at radius 2 is 2.07 bits per heavy atom. The first-order valence-electron chi connectivity index (χ1n) is 9.36. The Kier molecular flexibility index (Phi) is 4.95. The van der Waals surface area contributed by atoms with Crippen LogP contribution in [0.1, 0.15) is 43.0 Å². The predicted octanol–water partition coefficient (Wildman–Crippen LogP) is 1.49. The third-order valence-corrected chi connectivity index (χ3v) is 4.89. The number of hydrogen-bond donors (Lipinski definition) is 2. The largest absolute Gasteiger partial charge is 0.349 e. The third kappa shape index (κ3) is 3.89. The number of carbonyl (C=O) groups is 1. The average molecular weight is 366 g/mol. The van der Waals surface area contributed by atoms with Crippen LogP contribution in [0.15, 0.2) is 29.1 Å². The van der Waals surface area contributed by atoms with E-state index in [1.165, 1.54) is 6.42 Å². The number of hydrogen-bond acceptors (Lipinski definition) is 5. The highest BCUT2D eigenvalue weighted by Gasteiger charge is 2.15. The molecule has 140 valence electrons. The Morgan fingerprint density at radius 3 is 3.00 bits per heavy atom. The van der Waals surface area contributed by atoms with Crippen molar-refractivity contribution < 1.29 is 4.79 Å². The number of carbonyl (C=O) groups excluding carboxylic acids is 1. The van der Waals surface area contributed by atoms with Crippen LogP contribution in [0.25, 0.3) is 11.0 Å². The Bertz CT molecular complexity index is 1020. The van der Waals surface area contributed by atoms with E-state index in [1.807, 2.05) is 24.3 Å². The Hall–Kier alpha value is -3.03. The molecule has 0 bridgehead atoms. The van der Waals surface area contributed by atoms with Gasteiger partial charge in [0.2, 0.25) is 5.91 Å². The molecule has 0 fully saturated rings. The predicted molar refractivity (Wildman–Crippen MR) is 100 cm³/mol. The van der Waals surface area contributed by atoms with E-state index in [9.17, 15) is 9.59 Å². The van der Waals surface area contributed by atoms with Crippen molar-refractivity contribution in [2.45, 2.75) is 51.6 Å². The van der Waals surface area contributed by atoms with Crippen molar-refractivity contribution in [3.8, 4) is 0 Å². The second-order valence-corrected chi connectivity index (χ2v) is 6.80. The van der Waals surface area contributed by atoms with E-state index in [-0.39, 0.29) is 17.9 Å². The molecule has 1 aliphatic rings. The van der Waals surface area contributed by atoms with Crippen molar-refractivity contribution in [3.05, 3.63) is 52.0 Å². The van der Waals surface area contributed by atoms with E-state index in [2.05, 4.69) is 30.0 Å². The molecule has 1 amide bonds. The molecule has 0 unspecified atom stereocenters. The number of aromatic amines is 1. The van der Waals surface area contributed by atoms with Gasteiger partial charge in [0.25, 0.3) is 5.56 Å². The van der Waals surface area contributed by atoms with E-state index >= 15 is 0 Å². The van der Waals surface area contributed by atoms with Crippen molar-refractivity contribution in [2.24, 2.45) is 0 Å². The summed E-state index contributed by atoms with van der Waals surface area (Å²) in [7, 11) is 0. The number of aryl methyl sites for hydroxylation is 2. The Balaban J connectivity index is 1.36. The summed E-state index contributed by atoms with van der Waals surface area (Å²) in [6, 6.07) is 7.36. The number of nitrogens with one attached hydrogen (secondary N) is 2. The van der Waals surface area contributed by atoms with Crippen molar-refractivity contribution >= 4 is 16.9 Å². The summed E-state index contributed by atoms with van der Waals surface area (Å²) < 4.78 is 2.11. The fourth-order valence-electron chi connectivity index (χ4n) is 3.41. The fourth-order valence-corrected chi connectivity index (χ4v) is 3.41. The number of benzene rings is 1. The van der Waals surface area contributed by atoms with Crippen LogP contribution >= 0.6 is 0 Å². The maximum atomic E-state index is 12.2. The van der Waals surface area contributed by atoms with Gasteiger partial charge in [0.1, 0.15) is 11.5 Å². The van der Waals surface area contributed by atoms with Crippen LogP contribution in [0.4, 0.5) is 0 Å². The minimum Gasteiger partial charge on any atom is -0.349 e. The standard InChI is InChI=1S/C19H22N6O2/c26-18(20-12-17-24-23-16-8-2-1-5-11-25(16)17)10-9-15-19(27)22-14-7-4-3-6-13(14)21-15/h3-4,6-7H,1-2,5,8-12H2,(H,20,26)(H,22,27).